The van der Waals surface area contributed by atoms with Crippen molar-refractivity contribution < 1.29 is 37.3 Å². The Labute approximate surface area is 497 Å². The van der Waals surface area contributed by atoms with E-state index in [-0.39, 0.29) is 22.0 Å². The van der Waals surface area contributed by atoms with Gasteiger partial charge in [-0.15, -0.1) is 0 Å². The summed E-state index contributed by atoms with van der Waals surface area (Å²) in [7, 11) is 0. The molecule has 81 heavy (non-hydrogen) atoms. The van der Waals surface area contributed by atoms with Crippen molar-refractivity contribution in [1.82, 2.24) is 18.3 Å². The maximum absolute atomic E-state index is 13.1. The van der Waals surface area contributed by atoms with Crippen molar-refractivity contribution in [2.24, 2.45) is 0 Å². The maximum Gasteiger partial charge on any atom is 0.237 e. The summed E-state index contributed by atoms with van der Waals surface area (Å²) in [6.07, 6.45) is 0. The molecule has 0 spiro atoms. The number of aromatic nitrogens is 4. The van der Waals surface area contributed by atoms with Gasteiger partial charge in [0.25, 0.3) is 0 Å². The molecule has 0 saturated heterocycles. The first kappa shape index (κ1) is 27.3. The predicted octanol–water partition coefficient (Wildman–Crippen LogP) is 19.7. The van der Waals surface area contributed by atoms with Crippen molar-refractivity contribution in [1.29, 1.82) is 5.26 Å². The van der Waals surface area contributed by atoms with Gasteiger partial charge in [0.05, 0.1) is 117 Å². The van der Waals surface area contributed by atoms with Crippen LogP contribution in [0.2, 0.25) is 0 Å². The number of nitrogens with zero attached hydrogens (tertiary/aromatic N) is 6. The Morgan fingerprint density at radius 2 is 0.840 bits per heavy atom. The van der Waals surface area contributed by atoms with Gasteiger partial charge in [-0.1, -0.05) is 194 Å². The third-order valence-electron chi connectivity index (χ3n) is 15.2. The van der Waals surface area contributed by atoms with Crippen molar-refractivity contribution in [3.8, 4) is 51.1 Å². The van der Waals surface area contributed by atoms with Gasteiger partial charge in [-0.3, -0.25) is 0 Å². The van der Waals surface area contributed by atoms with Gasteiger partial charge in [0.1, 0.15) is 17.2 Å². The highest BCUT2D eigenvalue weighted by atomic mass is 16.3. The molecular weight excluding hydrogens is 989 g/mol. The molecule has 7 nitrogen and oxygen atoms in total. The Bertz CT molecular complexity index is 6680. The minimum absolute atomic E-state index is 0.112. The molecule has 374 valence electrons. The summed E-state index contributed by atoms with van der Waals surface area (Å²) in [4.78, 5) is 4.30. The summed E-state index contributed by atoms with van der Waals surface area (Å²) in [6, 6.07) is 12.5. The fourth-order valence-corrected chi connectivity index (χ4v) is 12.1. The topological polar surface area (TPSA) is 61.0 Å². The van der Waals surface area contributed by atoms with Gasteiger partial charge in [-0.25, -0.2) is 4.85 Å². The lowest BCUT2D eigenvalue weighted by Crippen LogP contribution is -2.14. The first-order chi connectivity index (χ1) is 50.2. The van der Waals surface area contributed by atoms with Crippen molar-refractivity contribution >= 4 is 115 Å². The zero-order chi connectivity index (χ0) is 74.3. The first-order valence-electron chi connectivity index (χ1n) is 37.2. The normalized spacial score (nSPS) is 16.1. The molecule has 0 atom stereocenters. The van der Waals surface area contributed by atoms with Gasteiger partial charge in [0, 0.05) is 48.5 Å². The second-order valence-electron chi connectivity index (χ2n) is 19.1. The van der Waals surface area contributed by atoms with E-state index in [1.54, 1.807) is 48.5 Å². The van der Waals surface area contributed by atoms with Crippen LogP contribution in [0.5, 0.6) is 0 Å². The lowest BCUT2D eigenvalue weighted by molar-refractivity contribution is 0.669. The van der Waals surface area contributed by atoms with Crippen molar-refractivity contribution in [3.05, 3.63) is 271 Å². The molecule has 7 heteroatoms. The van der Waals surface area contributed by atoms with Crippen LogP contribution in [-0.4, -0.2) is 18.3 Å². The van der Waals surface area contributed by atoms with Crippen molar-refractivity contribution in [2.45, 2.75) is 0 Å². The third-order valence-corrected chi connectivity index (χ3v) is 15.2. The van der Waals surface area contributed by atoms with Crippen LogP contribution in [0, 0.1) is 17.9 Å². The van der Waals surface area contributed by atoms with E-state index in [1.165, 1.54) is 4.57 Å². The fourth-order valence-electron chi connectivity index (χ4n) is 12.1. The van der Waals surface area contributed by atoms with Crippen molar-refractivity contribution in [3.63, 3.8) is 0 Å². The molecule has 5 heterocycles. The Balaban J connectivity index is 1.31. The van der Waals surface area contributed by atoms with E-state index in [0.29, 0.717) is 32.9 Å². The van der Waals surface area contributed by atoms with Gasteiger partial charge in [-0.05, 0) is 82.8 Å². The number of nitriles is 1. The van der Waals surface area contributed by atoms with Gasteiger partial charge < -0.3 is 22.7 Å². The monoisotopic (exact) mass is 1050 g/mol. The van der Waals surface area contributed by atoms with Gasteiger partial charge >= 0.3 is 0 Å². The van der Waals surface area contributed by atoms with E-state index < -0.39 is 244 Å². The maximum atomic E-state index is 13.1. The van der Waals surface area contributed by atoms with Crippen LogP contribution in [0.1, 0.15) is 38.5 Å². The van der Waals surface area contributed by atoms with E-state index >= 15 is 0 Å². The summed E-state index contributed by atoms with van der Waals surface area (Å²) in [5.74, 6) is 0. The third kappa shape index (κ3) is 6.09. The highest BCUT2D eigenvalue weighted by Crippen LogP contribution is 2.54. The molecular formula is C74H42N6O. The molecule has 12 aromatic carbocycles. The molecule has 0 amide bonds. The first-order valence-corrected chi connectivity index (χ1v) is 25.2. The van der Waals surface area contributed by atoms with Gasteiger partial charge in [0.15, 0.2) is 0 Å². The number of hydrogen-bond donors (Lipinski definition) is 0. The molecule has 17 aromatic rings. The minimum atomic E-state index is -0.971. The molecule has 0 N–H and O–H groups in total. The average Bonchev–Trinajstić information content (AvgIpc) is 1.52. The van der Waals surface area contributed by atoms with Crippen LogP contribution < -0.4 is 0 Å². The molecule has 0 unspecified atom stereocenters. The van der Waals surface area contributed by atoms with E-state index in [9.17, 15) is 42.0 Å². The van der Waals surface area contributed by atoms with Gasteiger partial charge in [-0.2, -0.15) is 5.26 Å². The number of benzene rings is 12. The molecule has 0 aliphatic heterocycles. The number of hydrogen-bond acceptors (Lipinski definition) is 2. The largest absolute Gasteiger partial charge is 0.456 e. The van der Waals surface area contributed by atoms with E-state index in [4.69, 9.17) is 7.16 Å². The molecule has 5 aromatic heterocycles. The number of rotatable bonds is 6. The zero-order valence-corrected chi connectivity index (χ0v) is 41.5. The Morgan fingerprint density at radius 3 is 1.38 bits per heavy atom. The molecule has 0 aliphatic carbocycles. The Morgan fingerprint density at radius 1 is 0.370 bits per heavy atom. The summed E-state index contributed by atoms with van der Waals surface area (Å²) >= 11 is 0. The fraction of sp³-hybridized carbons (Fsp3) is 0. The molecule has 0 saturated carbocycles. The second-order valence-corrected chi connectivity index (χ2v) is 19.1. The SMILES string of the molecule is [2H]c1c([2H])c([2H])c2c(c1[2H])c1c([2H])c([2H])c([2H])c([2H])c1n2-c1c(C#N)c(-n2c3c([2H])c([2H])c([2H])c([2H])c3c3c([2H])c([2H])c([2H])c([2H])c32)c(-n2c3cccc(-c4ccccc4-c4ccccc4)c3c3ccc4oc5ccccc5c4c32)c(-n2c3c([2H])c([2H])c([2H])c([2H])c3c3c([2H])c([2H])c([2H])c([2H])c32)c1[N+]#[C-]. The summed E-state index contributed by atoms with van der Waals surface area (Å²) in [5.41, 5.74) is -5.62. The average molecular weight is 1060 g/mol. The minimum Gasteiger partial charge on any atom is -0.456 e. The van der Waals surface area contributed by atoms with Crippen molar-refractivity contribution in [2.75, 3.05) is 0 Å². The molecule has 0 aliphatic rings. The Hall–Kier alpha value is -11.4. The lowest BCUT2D eigenvalue weighted by Gasteiger charge is -2.27. The molecule has 0 radical (unpaired) electrons. The smallest absolute Gasteiger partial charge is 0.237 e. The lowest BCUT2D eigenvalue weighted by atomic mass is 9.92. The highest BCUT2D eigenvalue weighted by Gasteiger charge is 2.35. The van der Waals surface area contributed by atoms with Crippen LogP contribution in [0.3, 0.4) is 0 Å². The number of furan rings is 1. The van der Waals surface area contributed by atoms with Crippen LogP contribution in [0.25, 0.3) is 159 Å². The number of para-hydroxylation sites is 7. The van der Waals surface area contributed by atoms with Gasteiger partial charge in [0.2, 0.25) is 5.69 Å². The predicted molar refractivity (Wildman–Crippen MR) is 333 cm³/mol. The molecule has 0 fully saturated rings. The van der Waals surface area contributed by atoms with E-state index in [2.05, 4.69) is 10.9 Å². The summed E-state index contributed by atoms with van der Waals surface area (Å²) in [6.45, 7) is 10.0. The second kappa shape index (κ2) is 17.1. The van der Waals surface area contributed by atoms with E-state index in [0.717, 1.165) is 24.8 Å². The molecule has 17 rings (SSSR count). The molecule has 0 bridgehead atoms. The zero-order valence-electron chi connectivity index (χ0n) is 65.5. The summed E-state index contributed by atoms with van der Waals surface area (Å²) in [5, 5.41) is 11.1. The standard InChI is InChI=1S/C74H42N6O/c1-76-69-71(77-58-34-14-7-26-48(58)49-27-8-15-35-59(49)77)57(44-75)72(78-60-36-16-9-28-50(60)51-29-10-17-37-61(51)78)74(73(69)79-62-38-18-11-30-52(62)53-31-12-19-39-63(53)79)80-64-40-21-33-54(47-25-6-5-24-46(47)45-22-3-2-4-23-45)67(64)56-42-43-66-68(70(56)80)55-32-13-20-41-65(55)81-66/h2-43H/i7D,8D,9D,10D,11D,12D,14D,15D,16D,17D,18D,19D,26D,27D,28D,29D,30D,31D,34D,35D,36D,37D,38D,39D. The van der Waals surface area contributed by atoms with Crippen LogP contribution in [0.15, 0.2) is 259 Å². The summed E-state index contributed by atoms with van der Waals surface area (Å²) < 4.78 is 242. The quantitative estimate of drug-likeness (QED) is 0.156. The Kier molecular flexibility index (Phi) is 5.75. The van der Waals surface area contributed by atoms with E-state index in [1.807, 2.05) is 60.7 Å². The van der Waals surface area contributed by atoms with Crippen LogP contribution in [0.4, 0.5) is 5.69 Å². The van der Waals surface area contributed by atoms with Crippen LogP contribution in [-0.2, 0) is 0 Å². The highest BCUT2D eigenvalue weighted by molar-refractivity contribution is 6.28. The number of fused-ring (bicyclic) bond motifs is 16. The van der Waals surface area contributed by atoms with Crippen LogP contribution >= 0.6 is 0 Å².